The summed E-state index contributed by atoms with van der Waals surface area (Å²) in [7, 11) is 0. The van der Waals surface area contributed by atoms with Crippen molar-refractivity contribution in [1.29, 1.82) is 0 Å². The van der Waals surface area contributed by atoms with E-state index in [1.807, 2.05) is 24.4 Å². The highest BCUT2D eigenvalue weighted by atomic mass is 16.5. The molecule has 0 spiro atoms. The van der Waals surface area contributed by atoms with Crippen LogP contribution in [0.2, 0.25) is 0 Å². The average Bonchev–Trinajstić information content (AvgIpc) is 3.61. The number of hydrogen-bond acceptors (Lipinski definition) is 5. The van der Waals surface area contributed by atoms with Gasteiger partial charge < -0.3 is 19.0 Å². The molecule has 2 N–H and O–H groups in total. The van der Waals surface area contributed by atoms with Crippen LogP contribution in [-0.4, -0.2) is 44.4 Å². The highest BCUT2D eigenvalue weighted by molar-refractivity contribution is 5.66. The summed E-state index contributed by atoms with van der Waals surface area (Å²) in [5.74, 6) is 1.67. The molecule has 1 atom stereocenters. The Hall–Kier alpha value is -3.26. The van der Waals surface area contributed by atoms with Gasteiger partial charge in [-0.05, 0) is 43.9 Å². The maximum Gasteiger partial charge on any atom is 0.213 e. The van der Waals surface area contributed by atoms with Crippen LogP contribution in [0, 0.1) is 0 Å². The zero-order chi connectivity index (χ0) is 19.9. The molecule has 8 heteroatoms. The van der Waals surface area contributed by atoms with Crippen molar-refractivity contribution in [3.05, 3.63) is 48.6 Å². The van der Waals surface area contributed by atoms with Gasteiger partial charge in [0.1, 0.15) is 18.1 Å². The number of rotatable bonds is 5. The number of furan rings is 1. The maximum atomic E-state index is 6.14. The molecule has 4 aromatic rings. The third kappa shape index (κ3) is 2.87. The summed E-state index contributed by atoms with van der Waals surface area (Å²) in [6, 6.07) is 8.06. The number of ether oxygens (including phenoxy) is 1. The standard InChI is InChI=1S/C22H24N6O2/c1-2-11-27(10-1)22-25-20(17-5-3-8-23-17)21(18-6-4-12-29-18)28(22)19-13-15(14-30-19)16-7-9-24-26-16/h3,5,7-9,13-14,18,23H,1-2,4,6,10-12H2,(H,24,26). The quantitative estimate of drug-likeness (QED) is 0.518. The Balaban J connectivity index is 1.56. The maximum absolute atomic E-state index is 6.14. The normalized spacial score (nSPS) is 19.2. The number of nitrogens with zero attached hydrogens (tertiary/aromatic N) is 4. The van der Waals surface area contributed by atoms with Crippen molar-refractivity contribution in [1.82, 2.24) is 24.7 Å². The van der Waals surface area contributed by atoms with Gasteiger partial charge in [0, 0.05) is 43.7 Å². The smallest absolute Gasteiger partial charge is 0.213 e. The summed E-state index contributed by atoms with van der Waals surface area (Å²) in [6.45, 7) is 2.77. The second-order valence-corrected chi connectivity index (χ2v) is 7.90. The lowest BCUT2D eigenvalue weighted by molar-refractivity contribution is 0.107. The molecule has 30 heavy (non-hydrogen) atoms. The molecular weight excluding hydrogens is 380 g/mol. The van der Waals surface area contributed by atoms with Crippen LogP contribution in [0.3, 0.4) is 0 Å². The van der Waals surface area contributed by atoms with Crippen molar-refractivity contribution >= 4 is 5.95 Å². The predicted octanol–water partition coefficient (Wildman–Crippen LogP) is 4.30. The molecule has 0 aliphatic carbocycles. The van der Waals surface area contributed by atoms with Crippen LogP contribution in [0.25, 0.3) is 28.5 Å². The Morgan fingerprint density at radius 3 is 2.77 bits per heavy atom. The van der Waals surface area contributed by atoms with Crippen molar-refractivity contribution < 1.29 is 9.15 Å². The molecule has 2 aliphatic rings. The van der Waals surface area contributed by atoms with E-state index in [0.717, 1.165) is 72.7 Å². The van der Waals surface area contributed by atoms with Gasteiger partial charge in [-0.2, -0.15) is 5.10 Å². The average molecular weight is 404 g/mol. The number of nitrogens with one attached hydrogen (secondary N) is 2. The number of aromatic amines is 2. The van der Waals surface area contributed by atoms with Gasteiger partial charge in [-0.1, -0.05) is 0 Å². The third-order valence-corrected chi connectivity index (χ3v) is 5.99. The minimum atomic E-state index is -0.00661. The van der Waals surface area contributed by atoms with Crippen LogP contribution in [0.4, 0.5) is 5.95 Å². The van der Waals surface area contributed by atoms with Gasteiger partial charge >= 0.3 is 0 Å². The van der Waals surface area contributed by atoms with E-state index in [0.29, 0.717) is 0 Å². The van der Waals surface area contributed by atoms with Crippen molar-refractivity contribution in [3.8, 4) is 28.5 Å². The molecule has 4 aromatic heterocycles. The monoisotopic (exact) mass is 404 g/mol. The molecule has 0 amide bonds. The van der Waals surface area contributed by atoms with Gasteiger partial charge in [0.25, 0.3) is 0 Å². The van der Waals surface area contributed by atoms with E-state index in [4.69, 9.17) is 14.1 Å². The summed E-state index contributed by atoms with van der Waals surface area (Å²) >= 11 is 0. The number of aromatic nitrogens is 5. The minimum Gasteiger partial charge on any atom is -0.447 e. The third-order valence-electron chi connectivity index (χ3n) is 5.99. The molecule has 6 rings (SSSR count). The fourth-order valence-corrected chi connectivity index (χ4v) is 4.53. The molecule has 8 nitrogen and oxygen atoms in total. The number of anilines is 1. The van der Waals surface area contributed by atoms with E-state index in [9.17, 15) is 0 Å². The minimum absolute atomic E-state index is 0.00661. The van der Waals surface area contributed by atoms with Crippen molar-refractivity contribution in [2.24, 2.45) is 0 Å². The van der Waals surface area contributed by atoms with E-state index >= 15 is 0 Å². The van der Waals surface area contributed by atoms with Gasteiger partial charge in [0.05, 0.1) is 17.1 Å². The topological polar surface area (TPSA) is 87.9 Å². The highest BCUT2D eigenvalue weighted by Gasteiger charge is 2.33. The molecule has 154 valence electrons. The first-order valence-corrected chi connectivity index (χ1v) is 10.6. The first kappa shape index (κ1) is 17.6. The second-order valence-electron chi connectivity index (χ2n) is 7.90. The molecule has 0 radical (unpaired) electrons. The zero-order valence-electron chi connectivity index (χ0n) is 16.7. The van der Waals surface area contributed by atoms with Crippen molar-refractivity contribution in [3.63, 3.8) is 0 Å². The van der Waals surface area contributed by atoms with Crippen LogP contribution >= 0.6 is 0 Å². The van der Waals surface area contributed by atoms with Gasteiger partial charge in [-0.25, -0.2) is 9.55 Å². The molecule has 0 saturated carbocycles. The largest absolute Gasteiger partial charge is 0.447 e. The van der Waals surface area contributed by atoms with E-state index in [1.54, 1.807) is 12.5 Å². The van der Waals surface area contributed by atoms with E-state index in [1.165, 1.54) is 12.8 Å². The van der Waals surface area contributed by atoms with Crippen LogP contribution in [0.5, 0.6) is 0 Å². The zero-order valence-corrected chi connectivity index (χ0v) is 16.7. The Morgan fingerprint density at radius 1 is 1.10 bits per heavy atom. The lowest BCUT2D eigenvalue weighted by Gasteiger charge is -2.19. The van der Waals surface area contributed by atoms with Crippen molar-refractivity contribution in [2.75, 3.05) is 24.6 Å². The Bertz CT molecular complexity index is 1110. The molecule has 2 aliphatic heterocycles. The Labute approximate surface area is 173 Å². The van der Waals surface area contributed by atoms with Gasteiger partial charge in [-0.15, -0.1) is 0 Å². The molecular formula is C22H24N6O2. The molecule has 2 fully saturated rings. The highest BCUT2D eigenvalue weighted by Crippen LogP contribution is 2.41. The summed E-state index contributed by atoms with van der Waals surface area (Å²) < 4.78 is 14.4. The van der Waals surface area contributed by atoms with E-state index < -0.39 is 0 Å². The molecule has 0 aromatic carbocycles. The SMILES string of the molecule is c1c[nH]c(-c2nc(N3CCCC3)n(-c3cc(-c4ccn[nH]4)co3)c2C2CCCO2)c1. The summed E-state index contributed by atoms with van der Waals surface area (Å²) in [4.78, 5) is 10.8. The number of H-pyrrole nitrogens is 2. The van der Waals surface area contributed by atoms with E-state index in [-0.39, 0.29) is 6.10 Å². The summed E-state index contributed by atoms with van der Waals surface area (Å²) in [5.41, 5.74) is 4.88. The first-order valence-electron chi connectivity index (χ1n) is 10.6. The molecule has 2 saturated heterocycles. The van der Waals surface area contributed by atoms with Crippen LogP contribution in [-0.2, 0) is 4.74 Å². The first-order chi connectivity index (χ1) is 14.9. The molecule has 6 heterocycles. The Morgan fingerprint density at radius 2 is 2.03 bits per heavy atom. The van der Waals surface area contributed by atoms with Gasteiger partial charge in [0.15, 0.2) is 0 Å². The fourth-order valence-electron chi connectivity index (χ4n) is 4.53. The molecule has 1 unspecified atom stereocenters. The lowest BCUT2D eigenvalue weighted by Crippen LogP contribution is -2.22. The van der Waals surface area contributed by atoms with Gasteiger partial charge in [0.2, 0.25) is 11.8 Å². The summed E-state index contributed by atoms with van der Waals surface area (Å²) in [6.07, 6.45) is 9.83. The molecule has 0 bridgehead atoms. The van der Waals surface area contributed by atoms with Crippen LogP contribution < -0.4 is 4.90 Å². The van der Waals surface area contributed by atoms with Gasteiger partial charge in [-0.3, -0.25) is 5.10 Å². The van der Waals surface area contributed by atoms with E-state index in [2.05, 4.69) is 30.7 Å². The number of imidazole rings is 1. The predicted molar refractivity (Wildman–Crippen MR) is 113 cm³/mol. The Kier molecular flexibility index (Phi) is 4.23. The lowest BCUT2D eigenvalue weighted by atomic mass is 10.1. The van der Waals surface area contributed by atoms with Crippen LogP contribution in [0.1, 0.15) is 37.5 Å². The van der Waals surface area contributed by atoms with Crippen molar-refractivity contribution in [2.45, 2.75) is 31.8 Å². The number of hydrogen-bond donors (Lipinski definition) is 2. The van der Waals surface area contributed by atoms with Crippen LogP contribution in [0.15, 0.2) is 47.3 Å². The fraction of sp³-hybridized carbons (Fsp3) is 0.364. The summed E-state index contributed by atoms with van der Waals surface area (Å²) in [5, 5.41) is 7.07. The second kappa shape index (κ2) is 7.21.